The molecule has 0 spiro atoms. The van der Waals surface area contributed by atoms with Gasteiger partial charge >= 0.3 is 0 Å². The molecule has 0 radical (unpaired) electrons. The van der Waals surface area contributed by atoms with Gasteiger partial charge in [0.15, 0.2) is 0 Å². The summed E-state index contributed by atoms with van der Waals surface area (Å²) in [7, 11) is 0. The molecule has 0 saturated heterocycles. The van der Waals surface area contributed by atoms with Crippen molar-refractivity contribution in [2.45, 2.75) is 33.3 Å². The van der Waals surface area contributed by atoms with Crippen molar-refractivity contribution >= 4 is 0 Å². The Labute approximate surface area is 113 Å². The van der Waals surface area contributed by atoms with Crippen molar-refractivity contribution in [3.05, 3.63) is 70.0 Å². The number of aliphatic hydroxyl groups is 1. The highest BCUT2D eigenvalue weighted by atomic mass is 19.1. The SMILES string of the molecule is Cc1ccc(C)c(C(O)Cc2ccc(F)cc2C)c1. The van der Waals surface area contributed by atoms with Crippen LogP contribution in [0.2, 0.25) is 0 Å². The first-order chi connectivity index (χ1) is 8.97. The zero-order chi connectivity index (χ0) is 14.0. The Bertz CT molecular complexity index is 590. The summed E-state index contributed by atoms with van der Waals surface area (Å²) in [6.07, 6.45) is -0.0415. The Balaban J connectivity index is 2.25. The van der Waals surface area contributed by atoms with Crippen LogP contribution >= 0.6 is 0 Å². The van der Waals surface area contributed by atoms with Gasteiger partial charge in [-0.1, -0.05) is 29.8 Å². The Hall–Kier alpha value is -1.67. The van der Waals surface area contributed by atoms with Crippen molar-refractivity contribution in [2.75, 3.05) is 0 Å². The first kappa shape index (κ1) is 13.8. The summed E-state index contributed by atoms with van der Waals surface area (Å²) in [6, 6.07) is 10.8. The molecule has 1 N–H and O–H groups in total. The van der Waals surface area contributed by atoms with Gasteiger partial charge in [-0.25, -0.2) is 4.39 Å². The predicted molar refractivity (Wildman–Crippen MR) is 75.7 cm³/mol. The monoisotopic (exact) mass is 258 g/mol. The summed E-state index contributed by atoms with van der Waals surface area (Å²) in [4.78, 5) is 0. The highest BCUT2D eigenvalue weighted by molar-refractivity contribution is 5.34. The Morgan fingerprint density at radius 1 is 1.00 bits per heavy atom. The lowest BCUT2D eigenvalue weighted by Crippen LogP contribution is -2.05. The van der Waals surface area contributed by atoms with E-state index in [1.54, 1.807) is 6.07 Å². The van der Waals surface area contributed by atoms with Crippen molar-refractivity contribution in [2.24, 2.45) is 0 Å². The molecule has 2 heteroatoms. The summed E-state index contributed by atoms with van der Waals surface area (Å²) in [6.45, 7) is 5.88. The smallest absolute Gasteiger partial charge is 0.123 e. The third-order valence-corrected chi connectivity index (χ3v) is 3.51. The fourth-order valence-corrected chi connectivity index (χ4v) is 2.33. The molecule has 2 aromatic rings. The normalized spacial score (nSPS) is 12.5. The standard InChI is InChI=1S/C17H19FO/c1-11-4-5-12(2)16(8-11)17(19)10-14-6-7-15(18)9-13(14)3/h4-9,17,19H,10H2,1-3H3. The van der Waals surface area contributed by atoms with E-state index in [0.717, 1.165) is 27.8 Å². The molecule has 0 bridgehead atoms. The lowest BCUT2D eigenvalue weighted by molar-refractivity contribution is 0.177. The molecule has 0 fully saturated rings. The van der Waals surface area contributed by atoms with Gasteiger partial charge in [0.05, 0.1) is 6.10 Å². The van der Waals surface area contributed by atoms with E-state index in [1.165, 1.54) is 12.1 Å². The van der Waals surface area contributed by atoms with Crippen LogP contribution in [-0.2, 0) is 6.42 Å². The molecule has 1 atom stereocenters. The van der Waals surface area contributed by atoms with Crippen molar-refractivity contribution in [3.63, 3.8) is 0 Å². The fraction of sp³-hybridized carbons (Fsp3) is 0.294. The second-order valence-electron chi connectivity index (χ2n) is 5.15. The molecular formula is C17H19FO. The quantitative estimate of drug-likeness (QED) is 0.881. The van der Waals surface area contributed by atoms with Crippen molar-refractivity contribution in [1.29, 1.82) is 0 Å². The van der Waals surface area contributed by atoms with E-state index in [4.69, 9.17) is 0 Å². The van der Waals surface area contributed by atoms with Crippen LogP contribution in [0.1, 0.15) is 33.9 Å². The minimum absolute atomic E-state index is 0.234. The topological polar surface area (TPSA) is 20.2 Å². The second-order valence-corrected chi connectivity index (χ2v) is 5.15. The summed E-state index contributed by atoms with van der Waals surface area (Å²) in [5.74, 6) is -0.234. The van der Waals surface area contributed by atoms with E-state index < -0.39 is 6.10 Å². The molecule has 100 valence electrons. The van der Waals surface area contributed by atoms with Crippen LogP contribution in [0, 0.1) is 26.6 Å². The number of hydrogen-bond donors (Lipinski definition) is 1. The van der Waals surface area contributed by atoms with E-state index in [0.29, 0.717) is 6.42 Å². The van der Waals surface area contributed by atoms with Crippen LogP contribution in [0.4, 0.5) is 4.39 Å². The number of rotatable bonds is 3. The molecule has 0 aliphatic heterocycles. The van der Waals surface area contributed by atoms with Crippen LogP contribution in [0.5, 0.6) is 0 Å². The summed E-state index contributed by atoms with van der Waals surface area (Å²) >= 11 is 0. The van der Waals surface area contributed by atoms with Crippen molar-refractivity contribution in [1.82, 2.24) is 0 Å². The van der Waals surface area contributed by atoms with Crippen LogP contribution in [0.15, 0.2) is 36.4 Å². The first-order valence-electron chi connectivity index (χ1n) is 6.47. The second kappa shape index (κ2) is 5.54. The molecule has 0 aromatic heterocycles. The largest absolute Gasteiger partial charge is 0.388 e. The van der Waals surface area contributed by atoms with Crippen LogP contribution < -0.4 is 0 Å². The lowest BCUT2D eigenvalue weighted by atomic mass is 9.94. The molecule has 0 heterocycles. The summed E-state index contributed by atoms with van der Waals surface area (Å²) in [5, 5.41) is 10.4. The number of benzene rings is 2. The zero-order valence-electron chi connectivity index (χ0n) is 11.6. The van der Waals surface area contributed by atoms with Crippen molar-refractivity contribution in [3.8, 4) is 0 Å². The van der Waals surface area contributed by atoms with Gasteiger partial charge in [0.1, 0.15) is 5.82 Å². The molecule has 0 aliphatic rings. The molecule has 1 unspecified atom stereocenters. The van der Waals surface area contributed by atoms with E-state index in [2.05, 4.69) is 0 Å². The maximum absolute atomic E-state index is 13.1. The molecular weight excluding hydrogens is 239 g/mol. The Kier molecular flexibility index (Phi) is 4.01. The maximum atomic E-state index is 13.1. The first-order valence-corrected chi connectivity index (χ1v) is 6.47. The van der Waals surface area contributed by atoms with Crippen LogP contribution in [0.3, 0.4) is 0 Å². The number of hydrogen-bond acceptors (Lipinski definition) is 1. The molecule has 0 aliphatic carbocycles. The van der Waals surface area contributed by atoms with Gasteiger partial charge in [-0.3, -0.25) is 0 Å². The van der Waals surface area contributed by atoms with Gasteiger partial charge in [0.2, 0.25) is 0 Å². The van der Waals surface area contributed by atoms with Crippen LogP contribution in [0.25, 0.3) is 0 Å². The van der Waals surface area contributed by atoms with Crippen LogP contribution in [-0.4, -0.2) is 5.11 Å². The molecule has 2 rings (SSSR count). The fourth-order valence-electron chi connectivity index (χ4n) is 2.33. The highest BCUT2D eigenvalue weighted by Crippen LogP contribution is 2.24. The van der Waals surface area contributed by atoms with Crippen molar-refractivity contribution < 1.29 is 9.50 Å². The zero-order valence-corrected chi connectivity index (χ0v) is 11.6. The average molecular weight is 258 g/mol. The minimum atomic E-state index is -0.552. The Morgan fingerprint density at radius 2 is 1.74 bits per heavy atom. The van der Waals surface area contributed by atoms with Gasteiger partial charge in [0, 0.05) is 6.42 Å². The third-order valence-electron chi connectivity index (χ3n) is 3.51. The predicted octanol–water partition coefficient (Wildman–Crippen LogP) is 4.03. The molecule has 2 aromatic carbocycles. The van der Waals surface area contributed by atoms with Gasteiger partial charge < -0.3 is 5.11 Å². The van der Waals surface area contributed by atoms with E-state index in [1.807, 2.05) is 39.0 Å². The average Bonchev–Trinajstić information content (AvgIpc) is 2.35. The van der Waals surface area contributed by atoms with E-state index >= 15 is 0 Å². The number of aryl methyl sites for hydroxylation is 3. The third kappa shape index (κ3) is 3.21. The molecule has 1 nitrogen and oxygen atoms in total. The number of aliphatic hydroxyl groups excluding tert-OH is 1. The summed E-state index contributed by atoms with van der Waals surface area (Å²) in [5.41, 5.74) is 5.02. The Morgan fingerprint density at radius 3 is 2.42 bits per heavy atom. The van der Waals surface area contributed by atoms with E-state index in [9.17, 15) is 9.50 Å². The highest BCUT2D eigenvalue weighted by Gasteiger charge is 2.13. The van der Waals surface area contributed by atoms with Gasteiger partial charge in [-0.05, 0) is 55.2 Å². The minimum Gasteiger partial charge on any atom is -0.388 e. The molecule has 0 amide bonds. The lowest BCUT2D eigenvalue weighted by Gasteiger charge is -2.16. The van der Waals surface area contributed by atoms with Gasteiger partial charge in [0.25, 0.3) is 0 Å². The van der Waals surface area contributed by atoms with E-state index in [-0.39, 0.29) is 5.82 Å². The summed E-state index contributed by atoms with van der Waals surface area (Å²) < 4.78 is 13.1. The van der Waals surface area contributed by atoms with Gasteiger partial charge in [-0.15, -0.1) is 0 Å². The molecule has 19 heavy (non-hydrogen) atoms. The maximum Gasteiger partial charge on any atom is 0.123 e. The molecule has 0 saturated carbocycles. The number of halogens is 1. The van der Waals surface area contributed by atoms with Gasteiger partial charge in [-0.2, -0.15) is 0 Å².